The topological polar surface area (TPSA) is 38.8 Å². The summed E-state index contributed by atoms with van der Waals surface area (Å²) in [6, 6.07) is 7.99. The summed E-state index contributed by atoms with van der Waals surface area (Å²) in [7, 11) is 1.73. The lowest BCUT2D eigenvalue weighted by Crippen LogP contribution is -2.41. The Morgan fingerprint density at radius 2 is 1.86 bits per heavy atom. The molecule has 0 saturated carbocycles. The first-order valence-electron chi connectivity index (χ1n) is 8.09. The van der Waals surface area contributed by atoms with Crippen LogP contribution >= 0.6 is 0 Å². The van der Waals surface area contributed by atoms with E-state index in [0.29, 0.717) is 11.8 Å². The molecule has 0 spiro atoms. The van der Waals surface area contributed by atoms with Gasteiger partial charge in [-0.15, -0.1) is 0 Å². The van der Waals surface area contributed by atoms with Crippen LogP contribution in [0.5, 0.6) is 5.75 Å². The normalized spacial score (nSPS) is 16.1. The van der Waals surface area contributed by atoms with Gasteiger partial charge in [0.1, 0.15) is 5.75 Å². The van der Waals surface area contributed by atoms with Crippen molar-refractivity contribution in [3.8, 4) is 5.75 Å². The summed E-state index contributed by atoms with van der Waals surface area (Å²) in [5, 5.41) is 0. The number of likely N-dealkylation sites (tertiary alicyclic amines) is 1. The molecule has 0 N–H and O–H groups in total. The highest BCUT2D eigenvalue weighted by atomic mass is 16.5. The maximum atomic E-state index is 12.2. The van der Waals surface area contributed by atoms with Crippen LogP contribution in [-0.2, 0) is 9.53 Å². The maximum absolute atomic E-state index is 12.2. The highest BCUT2D eigenvalue weighted by Gasteiger charge is 2.22. The maximum Gasteiger partial charge on any atom is 0.260 e. The van der Waals surface area contributed by atoms with E-state index >= 15 is 0 Å². The Morgan fingerprint density at radius 3 is 2.41 bits per heavy atom. The van der Waals surface area contributed by atoms with Crippen molar-refractivity contribution in [2.45, 2.75) is 32.6 Å². The molecule has 1 aliphatic rings. The van der Waals surface area contributed by atoms with Crippen LogP contribution in [0.1, 0.15) is 38.2 Å². The fourth-order valence-corrected chi connectivity index (χ4v) is 2.77. The summed E-state index contributed by atoms with van der Waals surface area (Å²) in [5.74, 6) is 1.92. The van der Waals surface area contributed by atoms with Crippen molar-refractivity contribution < 1.29 is 14.3 Å². The Hall–Kier alpha value is -1.55. The van der Waals surface area contributed by atoms with Gasteiger partial charge in [-0.1, -0.05) is 26.0 Å². The van der Waals surface area contributed by atoms with Crippen molar-refractivity contribution in [2.24, 2.45) is 5.92 Å². The van der Waals surface area contributed by atoms with E-state index in [1.807, 2.05) is 17.0 Å². The smallest absolute Gasteiger partial charge is 0.260 e. The SMILES string of the molecule is COCC1CCN(C(=O)COc2ccc(C(C)C)cc2)CC1. The van der Waals surface area contributed by atoms with Gasteiger partial charge in [0, 0.05) is 26.8 Å². The zero-order valence-corrected chi connectivity index (χ0v) is 13.9. The van der Waals surface area contributed by atoms with Crippen molar-refractivity contribution in [1.29, 1.82) is 0 Å². The van der Waals surface area contributed by atoms with Gasteiger partial charge < -0.3 is 14.4 Å². The van der Waals surface area contributed by atoms with E-state index in [2.05, 4.69) is 26.0 Å². The molecule has 2 rings (SSSR count). The van der Waals surface area contributed by atoms with Gasteiger partial charge in [0.25, 0.3) is 5.91 Å². The predicted octanol–water partition coefficient (Wildman–Crippen LogP) is 3.07. The lowest BCUT2D eigenvalue weighted by molar-refractivity contribution is -0.135. The van der Waals surface area contributed by atoms with Crippen molar-refractivity contribution in [3.05, 3.63) is 29.8 Å². The fourth-order valence-electron chi connectivity index (χ4n) is 2.77. The number of hydrogen-bond donors (Lipinski definition) is 0. The number of benzene rings is 1. The van der Waals surface area contributed by atoms with Gasteiger partial charge in [-0.25, -0.2) is 0 Å². The Morgan fingerprint density at radius 1 is 1.23 bits per heavy atom. The monoisotopic (exact) mass is 305 g/mol. The number of rotatable bonds is 6. The molecule has 1 aromatic carbocycles. The zero-order valence-electron chi connectivity index (χ0n) is 13.9. The molecule has 1 saturated heterocycles. The summed E-state index contributed by atoms with van der Waals surface area (Å²) < 4.78 is 10.8. The van der Waals surface area contributed by atoms with Gasteiger partial charge in [-0.05, 0) is 42.4 Å². The molecule has 0 unspecified atom stereocenters. The van der Waals surface area contributed by atoms with E-state index in [1.165, 1.54) is 5.56 Å². The van der Waals surface area contributed by atoms with E-state index in [-0.39, 0.29) is 12.5 Å². The second-order valence-electron chi connectivity index (χ2n) is 6.29. The molecular weight excluding hydrogens is 278 g/mol. The van der Waals surface area contributed by atoms with Crippen LogP contribution in [0.3, 0.4) is 0 Å². The number of carbonyl (C=O) groups excluding carboxylic acids is 1. The van der Waals surface area contributed by atoms with Gasteiger partial charge in [0.05, 0.1) is 0 Å². The number of nitrogens with zero attached hydrogens (tertiary/aromatic N) is 1. The zero-order chi connectivity index (χ0) is 15.9. The van der Waals surface area contributed by atoms with E-state index in [4.69, 9.17) is 9.47 Å². The third-order valence-corrected chi connectivity index (χ3v) is 4.28. The van der Waals surface area contributed by atoms with Gasteiger partial charge in [-0.2, -0.15) is 0 Å². The van der Waals surface area contributed by atoms with Crippen LogP contribution in [0.25, 0.3) is 0 Å². The van der Waals surface area contributed by atoms with Crippen LogP contribution in [-0.4, -0.2) is 44.2 Å². The highest BCUT2D eigenvalue weighted by molar-refractivity contribution is 5.77. The summed E-state index contributed by atoms with van der Waals surface area (Å²) in [6.45, 7) is 6.85. The summed E-state index contributed by atoms with van der Waals surface area (Å²) >= 11 is 0. The summed E-state index contributed by atoms with van der Waals surface area (Å²) in [5.41, 5.74) is 1.28. The number of carbonyl (C=O) groups is 1. The Balaban J connectivity index is 1.76. The number of amides is 1. The van der Waals surface area contributed by atoms with Crippen LogP contribution in [0.4, 0.5) is 0 Å². The van der Waals surface area contributed by atoms with Crippen molar-refractivity contribution in [2.75, 3.05) is 33.4 Å². The first-order chi connectivity index (χ1) is 10.6. The minimum absolute atomic E-state index is 0.0730. The molecule has 4 heteroatoms. The molecule has 1 heterocycles. The molecule has 0 radical (unpaired) electrons. The van der Waals surface area contributed by atoms with Crippen molar-refractivity contribution >= 4 is 5.91 Å². The van der Waals surface area contributed by atoms with E-state index in [1.54, 1.807) is 7.11 Å². The first-order valence-corrected chi connectivity index (χ1v) is 8.09. The molecule has 1 aromatic rings. The van der Waals surface area contributed by atoms with Gasteiger partial charge in [0.2, 0.25) is 0 Å². The lowest BCUT2D eigenvalue weighted by atomic mass is 9.98. The average Bonchev–Trinajstić information content (AvgIpc) is 2.54. The molecule has 122 valence electrons. The molecule has 0 aromatic heterocycles. The summed E-state index contributed by atoms with van der Waals surface area (Å²) in [4.78, 5) is 14.1. The molecule has 0 aliphatic carbocycles. The van der Waals surface area contributed by atoms with Crippen LogP contribution in [0, 0.1) is 5.92 Å². The van der Waals surface area contributed by atoms with Crippen LogP contribution in [0.15, 0.2) is 24.3 Å². The van der Waals surface area contributed by atoms with Gasteiger partial charge in [-0.3, -0.25) is 4.79 Å². The standard InChI is InChI=1S/C18H27NO3/c1-14(2)16-4-6-17(7-5-16)22-13-18(20)19-10-8-15(9-11-19)12-21-3/h4-7,14-15H,8-13H2,1-3H3. The molecular formula is C18H27NO3. The second kappa shape index (κ2) is 8.18. The van der Waals surface area contributed by atoms with Crippen LogP contribution < -0.4 is 4.74 Å². The van der Waals surface area contributed by atoms with Gasteiger partial charge >= 0.3 is 0 Å². The second-order valence-corrected chi connectivity index (χ2v) is 6.29. The Kier molecular flexibility index (Phi) is 6.25. The van der Waals surface area contributed by atoms with Gasteiger partial charge in [0.15, 0.2) is 6.61 Å². The minimum atomic E-state index is 0.0730. The highest BCUT2D eigenvalue weighted by Crippen LogP contribution is 2.20. The molecule has 1 amide bonds. The van der Waals surface area contributed by atoms with Crippen LogP contribution in [0.2, 0.25) is 0 Å². The third kappa shape index (κ3) is 4.73. The summed E-state index contributed by atoms with van der Waals surface area (Å²) in [6.07, 6.45) is 2.03. The molecule has 1 aliphatic heterocycles. The molecule has 1 fully saturated rings. The molecule has 22 heavy (non-hydrogen) atoms. The Bertz CT molecular complexity index is 462. The lowest BCUT2D eigenvalue weighted by Gasteiger charge is -2.31. The Labute approximate surface area is 133 Å². The number of hydrogen-bond acceptors (Lipinski definition) is 3. The van der Waals surface area contributed by atoms with Crippen molar-refractivity contribution in [3.63, 3.8) is 0 Å². The number of methoxy groups -OCH3 is 1. The number of ether oxygens (including phenoxy) is 2. The number of piperidine rings is 1. The van der Waals surface area contributed by atoms with Crippen molar-refractivity contribution in [1.82, 2.24) is 4.90 Å². The minimum Gasteiger partial charge on any atom is -0.484 e. The third-order valence-electron chi connectivity index (χ3n) is 4.28. The van der Waals surface area contributed by atoms with E-state index in [0.717, 1.165) is 38.3 Å². The first kappa shape index (κ1) is 16.8. The average molecular weight is 305 g/mol. The largest absolute Gasteiger partial charge is 0.484 e. The quantitative estimate of drug-likeness (QED) is 0.811. The fraction of sp³-hybridized carbons (Fsp3) is 0.611. The van der Waals surface area contributed by atoms with E-state index < -0.39 is 0 Å². The molecule has 4 nitrogen and oxygen atoms in total. The predicted molar refractivity (Wildman–Crippen MR) is 87.2 cm³/mol. The van der Waals surface area contributed by atoms with E-state index in [9.17, 15) is 4.79 Å². The molecule has 0 bridgehead atoms. The molecule has 0 atom stereocenters.